The lowest BCUT2D eigenvalue weighted by molar-refractivity contribution is -0.388. The summed E-state index contributed by atoms with van der Waals surface area (Å²) in [6.45, 7) is 2.81. The summed E-state index contributed by atoms with van der Waals surface area (Å²) in [4.78, 5) is 12.5. The van der Waals surface area contributed by atoms with Gasteiger partial charge in [-0.1, -0.05) is 6.07 Å². The van der Waals surface area contributed by atoms with Gasteiger partial charge in [-0.15, -0.1) is 0 Å². The van der Waals surface area contributed by atoms with E-state index in [2.05, 4.69) is 4.90 Å². The molecule has 1 saturated heterocycles. The van der Waals surface area contributed by atoms with Gasteiger partial charge in [0.1, 0.15) is 6.10 Å². The number of hydrogen-bond donors (Lipinski definition) is 0. The predicted molar refractivity (Wildman–Crippen MR) is 71.3 cm³/mol. The molecule has 0 N–H and O–H groups in total. The second-order valence-electron chi connectivity index (χ2n) is 5.58. The first-order valence-electron chi connectivity index (χ1n) is 6.95. The molecule has 2 aliphatic rings. The Hall–Kier alpha value is -1.69. The smallest absolute Gasteiger partial charge is 0.346 e. The molecule has 6 heteroatoms. The maximum absolute atomic E-state index is 13.5. The first-order chi connectivity index (χ1) is 9.63. The highest BCUT2D eigenvalue weighted by atomic mass is 19.1. The average Bonchev–Trinajstić information content (AvgIpc) is 3.09. The SMILES string of the molecule is O=[N+]([O-])c1c(F)cccc1O[C@H]1CCN(CC2CC2)C1. The molecule has 1 heterocycles. The summed E-state index contributed by atoms with van der Waals surface area (Å²) < 4.78 is 19.2. The van der Waals surface area contributed by atoms with E-state index in [1.807, 2.05) is 0 Å². The first kappa shape index (κ1) is 13.3. The minimum atomic E-state index is -0.847. The lowest BCUT2D eigenvalue weighted by atomic mass is 10.2. The maximum Gasteiger partial charge on any atom is 0.346 e. The van der Waals surface area contributed by atoms with Gasteiger partial charge in [0.25, 0.3) is 0 Å². The van der Waals surface area contributed by atoms with E-state index in [4.69, 9.17) is 4.74 Å². The van der Waals surface area contributed by atoms with Crippen molar-refractivity contribution in [2.75, 3.05) is 19.6 Å². The summed E-state index contributed by atoms with van der Waals surface area (Å²) in [5.41, 5.74) is -0.562. The third-order valence-corrected chi connectivity index (χ3v) is 3.87. The number of hydrogen-bond acceptors (Lipinski definition) is 4. The Morgan fingerprint density at radius 2 is 2.20 bits per heavy atom. The molecule has 0 amide bonds. The van der Waals surface area contributed by atoms with Gasteiger partial charge in [0.15, 0.2) is 0 Å². The van der Waals surface area contributed by atoms with Crippen LogP contribution in [0.1, 0.15) is 19.3 Å². The number of ether oxygens (including phenoxy) is 1. The van der Waals surface area contributed by atoms with Gasteiger partial charge in [-0.25, -0.2) is 0 Å². The minimum absolute atomic E-state index is 0.0354. The van der Waals surface area contributed by atoms with Crippen LogP contribution in [0.15, 0.2) is 18.2 Å². The molecule has 0 radical (unpaired) electrons. The number of nitro groups is 1. The van der Waals surface area contributed by atoms with E-state index in [1.165, 1.54) is 25.0 Å². The Balaban J connectivity index is 1.66. The van der Waals surface area contributed by atoms with Crippen LogP contribution in [0.25, 0.3) is 0 Å². The van der Waals surface area contributed by atoms with Crippen molar-refractivity contribution in [1.29, 1.82) is 0 Å². The summed E-state index contributed by atoms with van der Waals surface area (Å²) in [7, 11) is 0. The van der Waals surface area contributed by atoms with Crippen molar-refractivity contribution in [3.63, 3.8) is 0 Å². The fourth-order valence-electron chi connectivity index (χ4n) is 2.67. The molecule has 5 nitrogen and oxygen atoms in total. The van der Waals surface area contributed by atoms with Gasteiger partial charge in [0.2, 0.25) is 11.6 Å². The van der Waals surface area contributed by atoms with Crippen LogP contribution in [-0.4, -0.2) is 35.6 Å². The first-order valence-corrected chi connectivity index (χ1v) is 6.95. The van der Waals surface area contributed by atoms with E-state index < -0.39 is 16.4 Å². The maximum atomic E-state index is 13.5. The quantitative estimate of drug-likeness (QED) is 0.614. The second kappa shape index (κ2) is 5.36. The Morgan fingerprint density at radius 3 is 2.90 bits per heavy atom. The fraction of sp³-hybridized carbons (Fsp3) is 0.571. The van der Waals surface area contributed by atoms with E-state index in [-0.39, 0.29) is 11.9 Å². The molecule has 2 fully saturated rings. The van der Waals surface area contributed by atoms with Crippen molar-refractivity contribution in [3.05, 3.63) is 34.1 Å². The monoisotopic (exact) mass is 280 g/mol. The molecular weight excluding hydrogens is 263 g/mol. The van der Waals surface area contributed by atoms with Crippen LogP contribution < -0.4 is 4.74 Å². The number of likely N-dealkylation sites (tertiary alicyclic amines) is 1. The van der Waals surface area contributed by atoms with E-state index in [9.17, 15) is 14.5 Å². The van der Waals surface area contributed by atoms with Gasteiger partial charge in [0, 0.05) is 19.6 Å². The van der Waals surface area contributed by atoms with Gasteiger partial charge in [0.05, 0.1) is 4.92 Å². The van der Waals surface area contributed by atoms with Crippen molar-refractivity contribution in [2.24, 2.45) is 5.92 Å². The van der Waals surface area contributed by atoms with Gasteiger partial charge in [-0.3, -0.25) is 15.0 Å². The highest BCUT2D eigenvalue weighted by molar-refractivity contribution is 5.47. The van der Waals surface area contributed by atoms with E-state index in [0.717, 1.165) is 38.0 Å². The van der Waals surface area contributed by atoms with Crippen LogP contribution in [0.5, 0.6) is 5.75 Å². The van der Waals surface area contributed by atoms with E-state index in [1.54, 1.807) is 0 Å². The van der Waals surface area contributed by atoms with Crippen LogP contribution in [0.3, 0.4) is 0 Å². The van der Waals surface area contributed by atoms with Crippen LogP contribution in [0.4, 0.5) is 10.1 Å². The Bertz CT molecular complexity index is 519. The lowest BCUT2D eigenvalue weighted by Gasteiger charge is -2.16. The Morgan fingerprint density at radius 1 is 1.40 bits per heavy atom. The van der Waals surface area contributed by atoms with Gasteiger partial charge in [-0.05, 0) is 37.3 Å². The van der Waals surface area contributed by atoms with E-state index >= 15 is 0 Å². The third kappa shape index (κ3) is 2.90. The van der Waals surface area contributed by atoms with Crippen LogP contribution in [-0.2, 0) is 0 Å². The number of benzene rings is 1. The molecule has 3 rings (SSSR count). The van der Waals surface area contributed by atoms with Crippen molar-refractivity contribution < 1.29 is 14.1 Å². The van der Waals surface area contributed by atoms with E-state index in [0.29, 0.717) is 0 Å². The van der Waals surface area contributed by atoms with Gasteiger partial charge < -0.3 is 4.74 Å². The summed E-state index contributed by atoms with van der Waals surface area (Å²) in [5, 5.41) is 10.9. The molecule has 1 aliphatic heterocycles. The molecule has 0 aromatic heterocycles. The Labute approximate surface area is 116 Å². The van der Waals surface area contributed by atoms with Crippen molar-refractivity contribution in [1.82, 2.24) is 4.90 Å². The van der Waals surface area contributed by atoms with Gasteiger partial charge in [-0.2, -0.15) is 4.39 Å². The van der Waals surface area contributed by atoms with Crippen LogP contribution in [0.2, 0.25) is 0 Å². The zero-order valence-corrected chi connectivity index (χ0v) is 11.1. The normalized spacial score (nSPS) is 22.9. The zero-order chi connectivity index (χ0) is 14.1. The molecule has 1 aromatic carbocycles. The largest absolute Gasteiger partial charge is 0.482 e. The topological polar surface area (TPSA) is 55.6 Å². The molecule has 0 spiro atoms. The number of rotatable bonds is 5. The van der Waals surface area contributed by atoms with Crippen molar-refractivity contribution >= 4 is 5.69 Å². The summed E-state index contributed by atoms with van der Waals surface area (Å²) in [6.07, 6.45) is 3.35. The van der Waals surface area contributed by atoms with Crippen LogP contribution >= 0.6 is 0 Å². The van der Waals surface area contributed by atoms with Crippen molar-refractivity contribution in [2.45, 2.75) is 25.4 Å². The second-order valence-corrected chi connectivity index (χ2v) is 5.58. The molecule has 1 aromatic rings. The third-order valence-electron chi connectivity index (χ3n) is 3.87. The minimum Gasteiger partial charge on any atom is -0.482 e. The molecule has 1 saturated carbocycles. The fourth-order valence-corrected chi connectivity index (χ4v) is 2.67. The zero-order valence-electron chi connectivity index (χ0n) is 11.1. The number of nitro benzene ring substituents is 1. The standard InChI is InChI=1S/C14H17FN2O3/c15-12-2-1-3-13(14(12)17(18)19)20-11-6-7-16(9-11)8-10-4-5-10/h1-3,10-11H,4-9H2/t11-/m0/s1. The van der Waals surface area contributed by atoms with Crippen molar-refractivity contribution in [3.8, 4) is 5.75 Å². The molecular formula is C14H17FN2O3. The lowest BCUT2D eigenvalue weighted by Crippen LogP contribution is -2.26. The molecule has 1 aliphatic carbocycles. The Kier molecular flexibility index (Phi) is 3.56. The highest BCUT2D eigenvalue weighted by Crippen LogP contribution is 2.33. The number of nitrogens with zero attached hydrogens (tertiary/aromatic N) is 2. The summed E-state index contributed by atoms with van der Waals surface area (Å²) in [5.74, 6) is 0.00543. The van der Waals surface area contributed by atoms with Gasteiger partial charge >= 0.3 is 5.69 Å². The molecule has 20 heavy (non-hydrogen) atoms. The molecule has 0 unspecified atom stereocenters. The summed E-state index contributed by atoms with van der Waals surface area (Å²) in [6, 6.07) is 3.98. The highest BCUT2D eigenvalue weighted by Gasteiger charge is 2.31. The summed E-state index contributed by atoms with van der Waals surface area (Å²) >= 11 is 0. The molecule has 1 atom stereocenters. The van der Waals surface area contributed by atoms with Crippen LogP contribution in [0, 0.1) is 21.8 Å². The number of halogens is 1. The molecule has 108 valence electrons. The molecule has 0 bridgehead atoms. The predicted octanol–water partition coefficient (Wildman–Crippen LogP) is 2.60. The average molecular weight is 280 g/mol. The number of para-hydroxylation sites is 1.